The zero-order valence-electron chi connectivity index (χ0n) is 15.5. The Kier molecular flexibility index (Phi) is 5.32. The van der Waals surface area contributed by atoms with E-state index in [4.69, 9.17) is 0 Å². The summed E-state index contributed by atoms with van der Waals surface area (Å²) in [6, 6.07) is 7.92. The van der Waals surface area contributed by atoms with Crippen LogP contribution in [0.15, 0.2) is 53.5 Å². The van der Waals surface area contributed by atoms with E-state index in [-0.39, 0.29) is 11.2 Å². The molecule has 0 saturated heterocycles. The molecule has 3 rings (SSSR count). The molecule has 5 nitrogen and oxygen atoms in total. The summed E-state index contributed by atoms with van der Waals surface area (Å²) < 4.78 is 52.0. The van der Waals surface area contributed by atoms with Crippen LogP contribution in [-0.4, -0.2) is 23.0 Å². The number of nitrogens with zero attached hydrogens (tertiary/aromatic N) is 1. The molecule has 0 spiro atoms. The van der Waals surface area contributed by atoms with Crippen molar-refractivity contribution in [2.45, 2.75) is 19.1 Å². The number of fused-ring (bicyclic) bond motifs is 1. The molecule has 9 heteroatoms. The molecule has 0 fully saturated rings. The third-order valence-corrected chi connectivity index (χ3v) is 4.72. The van der Waals surface area contributed by atoms with Gasteiger partial charge in [0.15, 0.2) is 0 Å². The summed E-state index contributed by atoms with van der Waals surface area (Å²) in [6.45, 7) is 1.71. The van der Waals surface area contributed by atoms with Crippen molar-refractivity contribution in [3.05, 3.63) is 76.0 Å². The third-order valence-electron chi connectivity index (χ3n) is 4.72. The first-order valence-electron chi connectivity index (χ1n) is 8.60. The highest BCUT2D eigenvalue weighted by atomic mass is 19.4. The van der Waals surface area contributed by atoms with Gasteiger partial charge in [0.1, 0.15) is 5.82 Å². The third kappa shape index (κ3) is 4.08. The number of anilines is 1. The number of halogens is 4. The number of urea groups is 1. The number of aromatic amines is 1. The molecule has 0 saturated carbocycles. The fourth-order valence-corrected chi connectivity index (χ4v) is 2.99. The van der Waals surface area contributed by atoms with Crippen molar-refractivity contribution >= 4 is 22.5 Å². The average Bonchev–Trinajstić information content (AvgIpc) is 2.68. The van der Waals surface area contributed by atoms with E-state index in [1.165, 1.54) is 18.1 Å². The number of alkyl halides is 3. The Labute approximate surface area is 163 Å². The SMILES string of the molecule is C[C@H](c1c[nH]c(=O)c2ccccc12)N(C)C(=O)Nc1ccc(F)c(C(F)(F)F)c1. The number of amides is 2. The van der Waals surface area contributed by atoms with E-state index in [0.29, 0.717) is 28.5 Å². The summed E-state index contributed by atoms with van der Waals surface area (Å²) in [5, 5.41) is 3.45. The van der Waals surface area contributed by atoms with E-state index in [1.807, 2.05) is 0 Å². The van der Waals surface area contributed by atoms with E-state index in [1.54, 1.807) is 31.2 Å². The van der Waals surface area contributed by atoms with Crippen LogP contribution in [0.4, 0.5) is 28.0 Å². The molecule has 0 aliphatic rings. The number of aromatic nitrogens is 1. The summed E-state index contributed by atoms with van der Waals surface area (Å²) >= 11 is 0. The number of hydrogen-bond acceptors (Lipinski definition) is 2. The monoisotopic (exact) mass is 407 g/mol. The second-order valence-electron chi connectivity index (χ2n) is 6.53. The average molecular weight is 407 g/mol. The summed E-state index contributed by atoms with van der Waals surface area (Å²) in [5.74, 6) is -1.42. The highest BCUT2D eigenvalue weighted by Gasteiger charge is 2.34. The topological polar surface area (TPSA) is 65.2 Å². The second-order valence-corrected chi connectivity index (χ2v) is 6.53. The van der Waals surface area contributed by atoms with Gasteiger partial charge in [-0.3, -0.25) is 4.79 Å². The molecule has 152 valence electrons. The van der Waals surface area contributed by atoms with Crippen LogP contribution in [0.1, 0.15) is 24.1 Å². The highest BCUT2D eigenvalue weighted by molar-refractivity contribution is 5.90. The van der Waals surface area contributed by atoms with Crippen molar-refractivity contribution in [3.63, 3.8) is 0 Å². The van der Waals surface area contributed by atoms with Gasteiger partial charge in [-0.1, -0.05) is 18.2 Å². The number of rotatable bonds is 3. The zero-order chi connectivity index (χ0) is 21.3. The largest absolute Gasteiger partial charge is 0.419 e. The highest BCUT2D eigenvalue weighted by Crippen LogP contribution is 2.33. The molecule has 1 heterocycles. The number of nitrogens with one attached hydrogen (secondary N) is 2. The van der Waals surface area contributed by atoms with E-state index in [0.717, 1.165) is 6.07 Å². The maximum Gasteiger partial charge on any atom is 0.419 e. The van der Waals surface area contributed by atoms with Gasteiger partial charge in [-0.15, -0.1) is 0 Å². The Morgan fingerprint density at radius 1 is 1.14 bits per heavy atom. The summed E-state index contributed by atoms with van der Waals surface area (Å²) in [5.41, 5.74) is -1.26. The lowest BCUT2D eigenvalue weighted by molar-refractivity contribution is -0.139. The molecule has 3 aromatic rings. The predicted octanol–water partition coefficient (Wildman–Crippen LogP) is 4.91. The van der Waals surface area contributed by atoms with Crippen molar-refractivity contribution in [1.82, 2.24) is 9.88 Å². The van der Waals surface area contributed by atoms with E-state index in [9.17, 15) is 27.2 Å². The second kappa shape index (κ2) is 7.57. The number of carbonyl (C=O) groups excluding carboxylic acids is 1. The molecule has 2 amide bonds. The van der Waals surface area contributed by atoms with Gasteiger partial charge in [-0.25, -0.2) is 9.18 Å². The van der Waals surface area contributed by atoms with E-state index >= 15 is 0 Å². The van der Waals surface area contributed by atoms with Gasteiger partial charge in [-0.05, 0) is 42.1 Å². The fraction of sp³-hybridized carbons (Fsp3) is 0.200. The molecular weight excluding hydrogens is 390 g/mol. The standard InChI is InChI=1S/C20H17F4N3O2/c1-11(15-10-25-18(28)14-6-4-3-5-13(14)15)27(2)19(29)26-12-7-8-17(21)16(9-12)20(22,23)24/h3-11H,1-2H3,(H,25,28)(H,26,29)/t11-/m1/s1. The van der Waals surface area contributed by atoms with Crippen molar-refractivity contribution in [3.8, 4) is 0 Å². The number of H-pyrrole nitrogens is 1. The minimum Gasteiger partial charge on any atom is -0.328 e. The first-order chi connectivity index (χ1) is 13.6. The van der Waals surface area contributed by atoms with Gasteiger partial charge >= 0.3 is 12.2 Å². The van der Waals surface area contributed by atoms with Gasteiger partial charge in [0.25, 0.3) is 5.56 Å². The Bertz CT molecular complexity index is 1120. The lowest BCUT2D eigenvalue weighted by Crippen LogP contribution is -2.34. The van der Waals surface area contributed by atoms with Gasteiger partial charge in [0.2, 0.25) is 0 Å². The van der Waals surface area contributed by atoms with Gasteiger partial charge in [0, 0.05) is 24.3 Å². The van der Waals surface area contributed by atoms with Crippen LogP contribution in [-0.2, 0) is 6.18 Å². The van der Waals surface area contributed by atoms with Crippen LogP contribution in [0, 0.1) is 5.82 Å². The van der Waals surface area contributed by atoms with Crippen molar-refractivity contribution in [2.75, 3.05) is 12.4 Å². The first kappa shape index (κ1) is 20.4. The van der Waals surface area contributed by atoms with Gasteiger partial charge < -0.3 is 15.2 Å². The van der Waals surface area contributed by atoms with Crippen LogP contribution in [0.25, 0.3) is 10.8 Å². The fourth-order valence-electron chi connectivity index (χ4n) is 2.99. The summed E-state index contributed by atoms with van der Waals surface area (Å²) in [6.07, 6.45) is -3.38. The lowest BCUT2D eigenvalue weighted by Gasteiger charge is -2.26. The maximum atomic E-state index is 13.4. The maximum absolute atomic E-state index is 13.4. The first-order valence-corrected chi connectivity index (χ1v) is 8.60. The Morgan fingerprint density at radius 2 is 1.79 bits per heavy atom. The molecule has 0 bridgehead atoms. The van der Waals surface area contributed by atoms with E-state index < -0.39 is 29.6 Å². The summed E-state index contributed by atoms with van der Waals surface area (Å²) in [7, 11) is 1.47. The smallest absolute Gasteiger partial charge is 0.328 e. The predicted molar refractivity (Wildman–Crippen MR) is 101 cm³/mol. The van der Waals surface area contributed by atoms with Crippen LogP contribution in [0.3, 0.4) is 0 Å². The number of carbonyl (C=O) groups is 1. The molecule has 0 radical (unpaired) electrons. The lowest BCUT2D eigenvalue weighted by atomic mass is 10.0. The van der Waals surface area contributed by atoms with Crippen LogP contribution >= 0.6 is 0 Å². The molecule has 1 atom stereocenters. The molecule has 2 N–H and O–H groups in total. The van der Waals surface area contributed by atoms with Crippen molar-refractivity contribution in [2.24, 2.45) is 0 Å². The molecule has 1 aromatic heterocycles. The molecule has 0 unspecified atom stereocenters. The van der Waals surface area contributed by atoms with E-state index in [2.05, 4.69) is 10.3 Å². The molecule has 29 heavy (non-hydrogen) atoms. The zero-order valence-corrected chi connectivity index (χ0v) is 15.5. The molecule has 0 aliphatic carbocycles. The Morgan fingerprint density at radius 3 is 2.45 bits per heavy atom. The number of pyridine rings is 1. The summed E-state index contributed by atoms with van der Waals surface area (Å²) in [4.78, 5) is 28.4. The minimum absolute atomic E-state index is 0.186. The quantitative estimate of drug-likeness (QED) is 0.606. The molecule has 2 aromatic carbocycles. The van der Waals surface area contributed by atoms with Gasteiger partial charge in [-0.2, -0.15) is 13.2 Å². The van der Waals surface area contributed by atoms with Crippen LogP contribution < -0.4 is 10.9 Å². The van der Waals surface area contributed by atoms with Crippen molar-refractivity contribution in [1.29, 1.82) is 0 Å². The molecule has 0 aliphatic heterocycles. The van der Waals surface area contributed by atoms with Crippen LogP contribution in [0.2, 0.25) is 0 Å². The Hall–Kier alpha value is -3.36. The number of hydrogen-bond donors (Lipinski definition) is 2. The Balaban J connectivity index is 1.86. The minimum atomic E-state index is -4.88. The number of benzene rings is 2. The van der Waals surface area contributed by atoms with Crippen LogP contribution in [0.5, 0.6) is 0 Å². The normalized spacial score (nSPS) is 12.6. The molecular formula is C20H17F4N3O2. The van der Waals surface area contributed by atoms with Gasteiger partial charge in [0.05, 0.1) is 11.6 Å². The van der Waals surface area contributed by atoms with Crippen molar-refractivity contribution < 1.29 is 22.4 Å².